The van der Waals surface area contributed by atoms with Gasteiger partial charge in [0, 0.05) is 0 Å². The molecule has 5 atom stereocenters. The normalized spacial score (nSPS) is 47.4. The summed E-state index contributed by atoms with van der Waals surface area (Å²) in [6, 6.07) is -0.555. The van der Waals surface area contributed by atoms with E-state index in [1.807, 2.05) is 0 Å². The molecule has 2 aliphatic heterocycles. The summed E-state index contributed by atoms with van der Waals surface area (Å²) in [6.07, 6.45) is -3.31. The highest BCUT2D eigenvalue weighted by Crippen LogP contribution is 2.26. The highest BCUT2D eigenvalue weighted by Gasteiger charge is 2.48. The van der Waals surface area contributed by atoms with Crippen molar-refractivity contribution in [3.63, 3.8) is 0 Å². The Morgan fingerprint density at radius 1 is 1.43 bits per heavy atom. The lowest BCUT2D eigenvalue weighted by molar-refractivity contribution is -0.184. The molecular formula is C8H13NO5. The van der Waals surface area contributed by atoms with Crippen molar-refractivity contribution in [2.75, 3.05) is 6.61 Å². The molecule has 0 spiro atoms. The zero-order chi connectivity index (χ0) is 10.3. The number of carbonyl (C=O) groups excluding carboxylic acids is 1. The van der Waals surface area contributed by atoms with Gasteiger partial charge in [0.2, 0.25) is 5.91 Å². The SMILES string of the molecule is O=C1C[C@H]2O[C@H](CO)[C@@H](O)[C@H](O)[C@H]2N1. The first kappa shape index (κ1) is 9.85. The third-order valence-corrected chi connectivity index (χ3v) is 2.74. The Morgan fingerprint density at radius 3 is 2.79 bits per heavy atom. The molecule has 0 aromatic carbocycles. The van der Waals surface area contributed by atoms with Crippen LogP contribution in [0.4, 0.5) is 0 Å². The first-order valence-corrected chi connectivity index (χ1v) is 4.55. The van der Waals surface area contributed by atoms with Crippen molar-refractivity contribution in [3.05, 3.63) is 0 Å². The largest absolute Gasteiger partial charge is 0.394 e. The summed E-state index contributed by atoms with van der Waals surface area (Å²) in [5.74, 6) is -0.204. The predicted molar refractivity (Wildman–Crippen MR) is 44.3 cm³/mol. The second-order valence-corrected chi connectivity index (χ2v) is 3.67. The summed E-state index contributed by atoms with van der Waals surface area (Å²) in [4.78, 5) is 11.0. The highest BCUT2D eigenvalue weighted by atomic mass is 16.5. The third kappa shape index (κ3) is 1.40. The van der Waals surface area contributed by atoms with Crippen LogP contribution in [-0.4, -0.2) is 58.3 Å². The lowest BCUT2D eigenvalue weighted by Gasteiger charge is -2.38. The smallest absolute Gasteiger partial charge is 0.223 e. The molecule has 2 saturated heterocycles. The number of fused-ring (bicyclic) bond motifs is 1. The molecule has 0 aliphatic carbocycles. The number of aliphatic hydroxyl groups is 3. The second kappa shape index (κ2) is 3.47. The van der Waals surface area contributed by atoms with Crippen LogP contribution in [0.3, 0.4) is 0 Å². The molecule has 4 N–H and O–H groups in total. The van der Waals surface area contributed by atoms with Crippen LogP contribution in [0, 0.1) is 0 Å². The minimum absolute atomic E-state index is 0.172. The van der Waals surface area contributed by atoms with Crippen LogP contribution in [0.5, 0.6) is 0 Å². The zero-order valence-corrected chi connectivity index (χ0v) is 7.46. The maximum Gasteiger partial charge on any atom is 0.223 e. The van der Waals surface area contributed by atoms with Crippen LogP contribution in [-0.2, 0) is 9.53 Å². The number of carbonyl (C=O) groups is 1. The molecule has 80 valence electrons. The fraction of sp³-hybridized carbons (Fsp3) is 0.875. The van der Waals surface area contributed by atoms with Gasteiger partial charge in [-0.1, -0.05) is 0 Å². The summed E-state index contributed by atoms with van der Waals surface area (Å²) in [5, 5.41) is 30.5. The topological polar surface area (TPSA) is 99.0 Å². The van der Waals surface area contributed by atoms with Gasteiger partial charge in [-0.3, -0.25) is 4.79 Å². The average Bonchev–Trinajstić information content (AvgIpc) is 2.52. The van der Waals surface area contributed by atoms with Gasteiger partial charge in [0.1, 0.15) is 18.3 Å². The Morgan fingerprint density at radius 2 is 2.14 bits per heavy atom. The van der Waals surface area contributed by atoms with Crippen LogP contribution >= 0.6 is 0 Å². The summed E-state index contributed by atoms with van der Waals surface area (Å²) in [7, 11) is 0. The average molecular weight is 203 g/mol. The van der Waals surface area contributed by atoms with Crippen molar-refractivity contribution in [2.45, 2.75) is 36.9 Å². The van der Waals surface area contributed by atoms with Gasteiger partial charge >= 0.3 is 0 Å². The Labute approximate surface area is 80.5 Å². The molecule has 2 heterocycles. The predicted octanol–water partition coefficient (Wildman–Crippen LogP) is -2.64. The number of hydrogen-bond donors (Lipinski definition) is 4. The van der Waals surface area contributed by atoms with E-state index in [-0.39, 0.29) is 18.9 Å². The number of rotatable bonds is 1. The van der Waals surface area contributed by atoms with Crippen molar-refractivity contribution in [1.82, 2.24) is 5.32 Å². The van der Waals surface area contributed by atoms with Crippen molar-refractivity contribution >= 4 is 5.91 Å². The van der Waals surface area contributed by atoms with E-state index in [1.165, 1.54) is 0 Å². The second-order valence-electron chi connectivity index (χ2n) is 3.67. The number of ether oxygens (including phenoxy) is 1. The van der Waals surface area contributed by atoms with E-state index in [2.05, 4.69) is 5.32 Å². The maximum atomic E-state index is 11.0. The monoisotopic (exact) mass is 203 g/mol. The fourth-order valence-corrected chi connectivity index (χ4v) is 1.97. The van der Waals surface area contributed by atoms with Gasteiger partial charge in [0.15, 0.2) is 0 Å². The number of hydrogen-bond acceptors (Lipinski definition) is 5. The minimum Gasteiger partial charge on any atom is -0.394 e. The first-order chi connectivity index (χ1) is 6.63. The van der Waals surface area contributed by atoms with E-state index in [9.17, 15) is 15.0 Å². The summed E-state index contributed by atoms with van der Waals surface area (Å²) in [5.41, 5.74) is 0. The van der Waals surface area contributed by atoms with Gasteiger partial charge in [0.25, 0.3) is 0 Å². The number of amides is 1. The molecule has 0 radical (unpaired) electrons. The Balaban J connectivity index is 2.13. The van der Waals surface area contributed by atoms with Crippen LogP contribution in [0.25, 0.3) is 0 Å². The first-order valence-electron chi connectivity index (χ1n) is 4.55. The van der Waals surface area contributed by atoms with Gasteiger partial charge in [-0.05, 0) is 0 Å². The third-order valence-electron chi connectivity index (χ3n) is 2.74. The quantitative estimate of drug-likeness (QED) is 0.373. The summed E-state index contributed by atoms with van der Waals surface area (Å²) in [6.45, 7) is -0.365. The number of nitrogens with one attached hydrogen (secondary N) is 1. The molecule has 1 amide bonds. The van der Waals surface area contributed by atoms with E-state index in [4.69, 9.17) is 9.84 Å². The minimum atomic E-state index is -1.15. The maximum absolute atomic E-state index is 11.0. The van der Waals surface area contributed by atoms with Crippen molar-refractivity contribution in [2.24, 2.45) is 0 Å². The molecule has 0 aromatic heterocycles. The molecule has 0 aromatic rings. The van der Waals surface area contributed by atoms with E-state index >= 15 is 0 Å². The van der Waals surface area contributed by atoms with Gasteiger partial charge in [-0.25, -0.2) is 0 Å². The Kier molecular flexibility index (Phi) is 2.44. The van der Waals surface area contributed by atoms with Gasteiger partial charge in [-0.2, -0.15) is 0 Å². The Bertz CT molecular complexity index is 246. The van der Waals surface area contributed by atoms with E-state index in [0.717, 1.165) is 0 Å². The fourth-order valence-electron chi connectivity index (χ4n) is 1.97. The van der Waals surface area contributed by atoms with E-state index in [1.54, 1.807) is 0 Å². The molecule has 2 fully saturated rings. The summed E-state index contributed by atoms with van der Waals surface area (Å²) >= 11 is 0. The molecule has 6 nitrogen and oxygen atoms in total. The van der Waals surface area contributed by atoms with Crippen molar-refractivity contribution in [1.29, 1.82) is 0 Å². The molecule has 0 unspecified atom stereocenters. The molecule has 0 saturated carbocycles. The Hall–Kier alpha value is -0.690. The summed E-state index contributed by atoms with van der Waals surface area (Å²) < 4.78 is 5.27. The lowest BCUT2D eigenvalue weighted by atomic mass is 9.94. The van der Waals surface area contributed by atoms with Crippen LogP contribution in [0.2, 0.25) is 0 Å². The molecule has 6 heteroatoms. The van der Waals surface area contributed by atoms with Crippen molar-refractivity contribution in [3.8, 4) is 0 Å². The van der Waals surface area contributed by atoms with Gasteiger partial charge < -0.3 is 25.4 Å². The number of aliphatic hydroxyl groups excluding tert-OH is 3. The zero-order valence-electron chi connectivity index (χ0n) is 7.46. The lowest BCUT2D eigenvalue weighted by Crippen LogP contribution is -2.59. The molecule has 14 heavy (non-hydrogen) atoms. The molecule has 2 rings (SSSR count). The molecular weight excluding hydrogens is 190 g/mol. The standard InChI is InChI=1S/C8H13NO5/c10-2-4-7(12)8(13)6-3(14-4)1-5(11)9-6/h3-4,6-8,10,12-13H,1-2H2,(H,9,11)/t3-,4-,6+,7-,8-/m1/s1. The van der Waals surface area contributed by atoms with Gasteiger partial charge in [0.05, 0.1) is 25.2 Å². The van der Waals surface area contributed by atoms with E-state index < -0.39 is 30.5 Å². The van der Waals surface area contributed by atoms with Crippen LogP contribution in [0.15, 0.2) is 0 Å². The van der Waals surface area contributed by atoms with Crippen LogP contribution < -0.4 is 5.32 Å². The molecule has 0 bridgehead atoms. The highest BCUT2D eigenvalue weighted by molar-refractivity contribution is 5.79. The van der Waals surface area contributed by atoms with Crippen LogP contribution in [0.1, 0.15) is 6.42 Å². The molecule has 2 aliphatic rings. The van der Waals surface area contributed by atoms with E-state index in [0.29, 0.717) is 0 Å². The van der Waals surface area contributed by atoms with Crippen molar-refractivity contribution < 1.29 is 24.9 Å². The van der Waals surface area contributed by atoms with Gasteiger partial charge in [-0.15, -0.1) is 0 Å².